The lowest BCUT2D eigenvalue weighted by Crippen LogP contribution is -2.19. The molecule has 1 atom stereocenters. The molecule has 2 aromatic rings. The van der Waals surface area contributed by atoms with E-state index in [1.54, 1.807) is 4.68 Å². The summed E-state index contributed by atoms with van der Waals surface area (Å²) in [6, 6.07) is 8.85. The number of hydrogen-bond acceptors (Lipinski definition) is 4. The van der Waals surface area contributed by atoms with Crippen LogP contribution in [0.1, 0.15) is 17.3 Å². The highest BCUT2D eigenvalue weighted by Gasteiger charge is 2.12. The van der Waals surface area contributed by atoms with E-state index in [0.29, 0.717) is 0 Å². The first kappa shape index (κ1) is 13.5. The van der Waals surface area contributed by atoms with Gasteiger partial charge in [0.2, 0.25) is 0 Å². The van der Waals surface area contributed by atoms with Crippen LogP contribution in [0.25, 0.3) is 0 Å². The third-order valence-electron chi connectivity index (χ3n) is 3.22. The van der Waals surface area contributed by atoms with Crippen LogP contribution in [0.3, 0.4) is 0 Å². The average molecular weight is 259 g/mol. The number of nitrogens with one attached hydrogen (secondary N) is 1. The summed E-state index contributed by atoms with van der Waals surface area (Å²) in [4.78, 5) is 2.10. The van der Waals surface area contributed by atoms with Gasteiger partial charge in [-0.25, -0.2) is 0 Å². The molecular weight excluding hydrogens is 238 g/mol. The van der Waals surface area contributed by atoms with E-state index < -0.39 is 0 Å². The smallest absolute Gasteiger partial charge is 0.0845 e. The van der Waals surface area contributed by atoms with Crippen LogP contribution in [0.2, 0.25) is 0 Å². The van der Waals surface area contributed by atoms with Gasteiger partial charge in [-0.05, 0) is 24.7 Å². The molecule has 0 aliphatic heterocycles. The van der Waals surface area contributed by atoms with Gasteiger partial charge in [0, 0.05) is 45.5 Å². The fourth-order valence-corrected chi connectivity index (χ4v) is 2.09. The van der Waals surface area contributed by atoms with Crippen LogP contribution >= 0.6 is 0 Å². The van der Waals surface area contributed by atoms with Crippen molar-refractivity contribution in [1.29, 1.82) is 0 Å². The zero-order valence-corrected chi connectivity index (χ0v) is 12.0. The van der Waals surface area contributed by atoms with Crippen LogP contribution in [0, 0.1) is 0 Å². The molecule has 1 aromatic heterocycles. The van der Waals surface area contributed by atoms with Crippen LogP contribution in [-0.2, 0) is 13.5 Å². The molecule has 0 bridgehead atoms. The monoisotopic (exact) mass is 259 g/mol. The average Bonchev–Trinajstić information content (AvgIpc) is 2.81. The SMILES string of the molecule is CNC(Cc1cn(C)nn1)c1ccc(N(C)C)cc1. The molecule has 0 saturated carbocycles. The minimum atomic E-state index is 0.257. The third kappa shape index (κ3) is 3.32. The van der Waals surface area contributed by atoms with E-state index in [1.165, 1.54) is 11.3 Å². The number of likely N-dealkylation sites (N-methyl/N-ethyl adjacent to an activating group) is 1. The van der Waals surface area contributed by atoms with Crippen LogP contribution in [0.15, 0.2) is 30.5 Å². The molecule has 0 amide bonds. The molecule has 2 rings (SSSR count). The van der Waals surface area contributed by atoms with Crippen LogP contribution < -0.4 is 10.2 Å². The van der Waals surface area contributed by atoms with Gasteiger partial charge in [0.1, 0.15) is 0 Å². The number of rotatable bonds is 5. The van der Waals surface area contributed by atoms with Gasteiger partial charge in [0.15, 0.2) is 0 Å². The summed E-state index contributed by atoms with van der Waals surface area (Å²) in [6.07, 6.45) is 2.80. The molecule has 5 heteroatoms. The summed E-state index contributed by atoms with van der Waals surface area (Å²) in [6.45, 7) is 0. The minimum absolute atomic E-state index is 0.257. The Balaban J connectivity index is 2.12. The molecule has 0 aliphatic rings. The summed E-state index contributed by atoms with van der Waals surface area (Å²) < 4.78 is 1.73. The maximum absolute atomic E-state index is 4.14. The lowest BCUT2D eigenvalue weighted by Gasteiger charge is -2.17. The van der Waals surface area contributed by atoms with Gasteiger partial charge in [0.25, 0.3) is 0 Å². The highest BCUT2D eigenvalue weighted by atomic mass is 15.4. The van der Waals surface area contributed by atoms with Gasteiger partial charge < -0.3 is 10.2 Å². The Morgan fingerprint density at radius 1 is 1.26 bits per heavy atom. The first-order valence-corrected chi connectivity index (χ1v) is 6.40. The maximum atomic E-state index is 4.14. The number of hydrogen-bond donors (Lipinski definition) is 1. The summed E-state index contributed by atoms with van der Waals surface area (Å²) in [5.74, 6) is 0. The van der Waals surface area contributed by atoms with Crippen LogP contribution in [0.4, 0.5) is 5.69 Å². The molecule has 1 aromatic carbocycles. The van der Waals surface area contributed by atoms with E-state index in [9.17, 15) is 0 Å². The molecule has 1 heterocycles. The first-order chi connectivity index (χ1) is 9.10. The third-order valence-corrected chi connectivity index (χ3v) is 3.22. The number of aromatic nitrogens is 3. The summed E-state index contributed by atoms with van der Waals surface area (Å²) in [5.41, 5.74) is 3.47. The maximum Gasteiger partial charge on any atom is 0.0845 e. The summed E-state index contributed by atoms with van der Waals surface area (Å²) in [7, 11) is 7.95. The van der Waals surface area contributed by atoms with E-state index in [0.717, 1.165) is 12.1 Å². The molecular formula is C14H21N5. The van der Waals surface area contributed by atoms with Crippen molar-refractivity contribution >= 4 is 5.69 Å². The number of benzene rings is 1. The molecule has 102 valence electrons. The second kappa shape index (κ2) is 5.84. The zero-order valence-electron chi connectivity index (χ0n) is 12.0. The molecule has 1 unspecified atom stereocenters. The molecule has 0 aliphatic carbocycles. The fourth-order valence-electron chi connectivity index (χ4n) is 2.09. The van der Waals surface area contributed by atoms with Crippen LogP contribution in [0.5, 0.6) is 0 Å². The standard InChI is InChI=1S/C14H21N5/c1-15-14(9-12-10-19(4)17-16-12)11-5-7-13(8-6-11)18(2)3/h5-8,10,14-15H,9H2,1-4H3. The van der Waals surface area contributed by atoms with Gasteiger partial charge >= 0.3 is 0 Å². The van der Waals surface area contributed by atoms with Gasteiger partial charge in [0.05, 0.1) is 5.69 Å². The second-order valence-corrected chi connectivity index (χ2v) is 4.91. The van der Waals surface area contributed by atoms with E-state index in [-0.39, 0.29) is 6.04 Å². The Morgan fingerprint density at radius 3 is 2.42 bits per heavy atom. The van der Waals surface area contributed by atoms with Crippen molar-refractivity contribution in [3.8, 4) is 0 Å². The molecule has 19 heavy (non-hydrogen) atoms. The molecule has 0 fully saturated rings. The van der Waals surface area contributed by atoms with Crippen molar-refractivity contribution in [2.24, 2.45) is 7.05 Å². The van der Waals surface area contributed by atoms with Crippen molar-refractivity contribution in [2.45, 2.75) is 12.5 Å². The topological polar surface area (TPSA) is 46.0 Å². The van der Waals surface area contributed by atoms with Crippen molar-refractivity contribution in [3.63, 3.8) is 0 Å². The zero-order chi connectivity index (χ0) is 13.8. The predicted octanol–water partition coefficient (Wildman–Crippen LogP) is 1.38. The van der Waals surface area contributed by atoms with Crippen molar-refractivity contribution in [1.82, 2.24) is 20.3 Å². The van der Waals surface area contributed by atoms with E-state index in [4.69, 9.17) is 0 Å². The number of anilines is 1. The van der Waals surface area contributed by atoms with Crippen LogP contribution in [-0.4, -0.2) is 36.1 Å². The Kier molecular flexibility index (Phi) is 4.16. The quantitative estimate of drug-likeness (QED) is 0.881. The lowest BCUT2D eigenvalue weighted by molar-refractivity contribution is 0.583. The predicted molar refractivity (Wildman–Crippen MR) is 77.3 cm³/mol. The van der Waals surface area contributed by atoms with Crippen molar-refractivity contribution < 1.29 is 0 Å². The van der Waals surface area contributed by atoms with E-state index in [1.807, 2.05) is 34.4 Å². The van der Waals surface area contributed by atoms with Gasteiger partial charge in [-0.2, -0.15) is 0 Å². The number of aryl methyl sites for hydroxylation is 1. The molecule has 5 nitrogen and oxygen atoms in total. The highest BCUT2D eigenvalue weighted by molar-refractivity contribution is 5.46. The highest BCUT2D eigenvalue weighted by Crippen LogP contribution is 2.20. The summed E-state index contributed by atoms with van der Waals surface area (Å²) >= 11 is 0. The Hall–Kier alpha value is -1.88. The largest absolute Gasteiger partial charge is 0.378 e. The van der Waals surface area contributed by atoms with E-state index in [2.05, 4.69) is 44.8 Å². The normalized spacial score (nSPS) is 12.4. The summed E-state index contributed by atoms with van der Waals surface area (Å²) in [5, 5.41) is 11.4. The molecule has 1 N–H and O–H groups in total. The second-order valence-electron chi connectivity index (χ2n) is 4.91. The Bertz CT molecular complexity index is 515. The Labute approximate surface area is 114 Å². The molecule has 0 saturated heterocycles. The molecule has 0 spiro atoms. The number of nitrogens with zero attached hydrogens (tertiary/aromatic N) is 4. The minimum Gasteiger partial charge on any atom is -0.378 e. The lowest BCUT2D eigenvalue weighted by atomic mass is 10.0. The molecule has 0 radical (unpaired) electrons. The Morgan fingerprint density at radius 2 is 1.95 bits per heavy atom. The fraction of sp³-hybridized carbons (Fsp3) is 0.429. The van der Waals surface area contributed by atoms with Crippen molar-refractivity contribution in [2.75, 3.05) is 26.0 Å². The van der Waals surface area contributed by atoms with Crippen molar-refractivity contribution in [3.05, 3.63) is 41.7 Å². The van der Waals surface area contributed by atoms with E-state index >= 15 is 0 Å². The van der Waals surface area contributed by atoms with Gasteiger partial charge in [-0.1, -0.05) is 17.3 Å². The van der Waals surface area contributed by atoms with Gasteiger partial charge in [-0.15, -0.1) is 5.10 Å². The van der Waals surface area contributed by atoms with Gasteiger partial charge in [-0.3, -0.25) is 4.68 Å². The first-order valence-electron chi connectivity index (χ1n) is 6.40.